The third kappa shape index (κ3) is 2.18. The number of fused-ring (bicyclic) bond motifs is 3. The van der Waals surface area contributed by atoms with Crippen molar-refractivity contribution in [1.29, 1.82) is 0 Å². The molecule has 1 aromatic rings. The molecule has 0 aromatic heterocycles. The number of benzene rings is 1. The number of sulfone groups is 1. The van der Waals surface area contributed by atoms with Gasteiger partial charge in [0, 0.05) is 19.1 Å². The molecule has 3 aliphatic rings. The van der Waals surface area contributed by atoms with Crippen molar-refractivity contribution in [3.05, 3.63) is 23.8 Å². The fraction of sp³-hybridized carbons (Fsp3) is 0.500. The molecule has 3 heterocycles. The first-order chi connectivity index (χ1) is 10.5. The normalized spacial score (nSPS) is 27.2. The zero-order valence-corrected chi connectivity index (χ0v) is 12.6. The van der Waals surface area contributed by atoms with Crippen LogP contribution in [0.2, 0.25) is 0 Å². The molecule has 2 unspecified atom stereocenters. The molecule has 1 N–H and O–H groups in total. The van der Waals surface area contributed by atoms with E-state index >= 15 is 0 Å². The lowest BCUT2D eigenvalue weighted by molar-refractivity contribution is 0.174. The van der Waals surface area contributed by atoms with Gasteiger partial charge in [-0.05, 0) is 24.1 Å². The van der Waals surface area contributed by atoms with Crippen LogP contribution in [0.5, 0.6) is 11.5 Å². The van der Waals surface area contributed by atoms with Gasteiger partial charge in [-0.25, -0.2) is 13.2 Å². The Morgan fingerprint density at radius 3 is 2.86 bits per heavy atom. The van der Waals surface area contributed by atoms with Crippen LogP contribution in [0.25, 0.3) is 0 Å². The highest BCUT2D eigenvalue weighted by Gasteiger charge is 2.49. The zero-order valence-electron chi connectivity index (χ0n) is 11.8. The van der Waals surface area contributed by atoms with Gasteiger partial charge in [-0.2, -0.15) is 0 Å². The summed E-state index contributed by atoms with van der Waals surface area (Å²) in [5, 5.41) is 2.46. The zero-order chi connectivity index (χ0) is 15.3. The van der Waals surface area contributed by atoms with E-state index in [4.69, 9.17) is 9.47 Å². The van der Waals surface area contributed by atoms with Crippen molar-refractivity contribution in [2.75, 3.05) is 19.1 Å². The summed E-state index contributed by atoms with van der Waals surface area (Å²) in [6.45, 7) is 0.895. The van der Waals surface area contributed by atoms with Gasteiger partial charge in [-0.1, -0.05) is 6.07 Å². The SMILES string of the molecule is O=C(NCc1ccc2c(c1)OCO2)N1CC2CC1CS2(=O)=O. The monoisotopic (exact) mass is 324 g/mol. The number of urea groups is 1. The van der Waals surface area contributed by atoms with Crippen molar-refractivity contribution in [3.8, 4) is 11.5 Å². The topological polar surface area (TPSA) is 84.9 Å². The lowest BCUT2D eigenvalue weighted by Gasteiger charge is -2.27. The Kier molecular flexibility index (Phi) is 2.97. The maximum Gasteiger partial charge on any atom is 0.317 e. The quantitative estimate of drug-likeness (QED) is 0.856. The average Bonchev–Trinajstić information content (AvgIpc) is 3.16. The summed E-state index contributed by atoms with van der Waals surface area (Å²) in [5.74, 6) is 1.48. The second-order valence-corrected chi connectivity index (χ2v) is 8.17. The fourth-order valence-corrected chi connectivity index (χ4v) is 5.30. The Morgan fingerprint density at radius 1 is 1.32 bits per heavy atom. The summed E-state index contributed by atoms with van der Waals surface area (Å²) < 4.78 is 33.9. The number of ether oxygens (including phenoxy) is 2. The first kappa shape index (κ1) is 13.7. The molecule has 7 nitrogen and oxygen atoms in total. The Labute approximate surface area is 128 Å². The van der Waals surface area contributed by atoms with E-state index in [2.05, 4.69) is 5.32 Å². The van der Waals surface area contributed by atoms with Crippen LogP contribution in [0.4, 0.5) is 4.79 Å². The second kappa shape index (κ2) is 4.77. The van der Waals surface area contributed by atoms with E-state index in [1.807, 2.05) is 18.2 Å². The standard InChI is InChI=1S/C14H16N2O5S/c17-14(16-6-11-4-10(16)7-22(11,18)19)15-5-9-1-2-12-13(3-9)21-8-20-12/h1-3,10-11H,4-8H2,(H,15,17). The van der Waals surface area contributed by atoms with E-state index in [9.17, 15) is 13.2 Å². The summed E-state index contributed by atoms with van der Waals surface area (Å²) in [6.07, 6.45) is 0.569. The van der Waals surface area contributed by atoms with E-state index in [1.54, 1.807) is 4.90 Å². The van der Waals surface area contributed by atoms with Crippen molar-refractivity contribution >= 4 is 15.9 Å². The lowest BCUT2D eigenvalue weighted by Crippen LogP contribution is -2.48. The Hall–Kier alpha value is -1.96. The van der Waals surface area contributed by atoms with Crippen LogP contribution in [0.3, 0.4) is 0 Å². The molecule has 2 atom stereocenters. The van der Waals surface area contributed by atoms with Gasteiger partial charge in [0.1, 0.15) is 0 Å². The molecule has 2 fully saturated rings. The molecule has 4 rings (SSSR count). The van der Waals surface area contributed by atoms with Gasteiger partial charge in [0.25, 0.3) is 0 Å². The van der Waals surface area contributed by atoms with Crippen LogP contribution in [-0.4, -0.2) is 49.7 Å². The predicted molar refractivity (Wildman–Crippen MR) is 77.5 cm³/mol. The van der Waals surface area contributed by atoms with E-state index < -0.39 is 9.84 Å². The number of carbonyl (C=O) groups excluding carboxylic acids is 1. The highest BCUT2D eigenvalue weighted by atomic mass is 32.2. The second-order valence-electron chi connectivity index (χ2n) is 5.84. The van der Waals surface area contributed by atoms with E-state index in [0.29, 0.717) is 31.0 Å². The third-order valence-electron chi connectivity index (χ3n) is 4.45. The number of amides is 2. The molecule has 2 saturated heterocycles. The molecule has 8 heteroatoms. The summed E-state index contributed by atoms with van der Waals surface area (Å²) in [4.78, 5) is 13.9. The van der Waals surface area contributed by atoms with Crippen LogP contribution < -0.4 is 14.8 Å². The van der Waals surface area contributed by atoms with Crippen molar-refractivity contribution < 1.29 is 22.7 Å². The number of nitrogens with one attached hydrogen (secondary N) is 1. The Bertz CT molecular complexity index is 733. The van der Waals surface area contributed by atoms with Crippen LogP contribution >= 0.6 is 0 Å². The fourth-order valence-electron chi connectivity index (χ4n) is 3.27. The summed E-state index contributed by atoms with van der Waals surface area (Å²) in [7, 11) is -2.98. The molecule has 0 radical (unpaired) electrons. The smallest absolute Gasteiger partial charge is 0.317 e. The minimum Gasteiger partial charge on any atom is -0.454 e. The lowest BCUT2D eigenvalue weighted by atomic mass is 10.2. The summed E-state index contributed by atoms with van der Waals surface area (Å²) in [5.41, 5.74) is 0.912. The molecular weight excluding hydrogens is 308 g/mol. The molecule has 0 spiro atoms. The predicted octanol–water partition coefficient (Wildman–Crippen LogP) is 0.496. The highest BCUT2D eigenvalue weighted by Crippen LogP contribution is 2.34. The maximum absolute atomic E-state index is 12.2. The molecule has 22 heavy (non-hydrogen) atoms. The van der Waals surface area contributed by atoms with Crippen LogP contribution in [0.1, 0.15) is 12.0 Å². The van der Waals surface area contributed by atoms with Gasteiger partial charge >= 0.3 is 6.03 Å². The van der Waals surface area contributed by atoms with Crippen molar-refractivity contribution in [2.45, 2.75) is 24.3 Å². The third-order valence-corrected chi connectivity index (χ3v) is 6.66. The first-order valence-electron chi connectivity index (χ1n) is 7.17. The van der Waals surface area contributed by atoms with Gasteiger partial charge in [-0.15, -0.1) is 0 Å². The summed E-state index contributed by atoms with van der Waals surface area (Å²) >= 11 is 0. The van der Waals surface area contributed by atoms with E-state index in [0.717, 1.165) is 5.56 Å². The van der Waals surface area contributed by atoms with Crippen molar-refractivity contribution in [2.24, 2.45) is 0 Å². The summed E-state index contributed by atoms with van der Waals surface area (Å²) in [6, 6.07) is 5.14. The Balaban J connectivity index is 1.38. The Morgan fingerprint density at radius 2 is 2.14 bits per heavy atom. The molecule has 118 valence electrons. The number of nitrogens with zero attached hydrogens (tertiary/aromatic N) is 1. The van der Waals surface area contributed by atoms with Gasteiger partial charge in [0.05, 0.1) is 11.0 Å². The number of likely N-dealkylation sites (tertiary alicyclic amines) is 1. The molecule has 3 aliphatic heterocycles. The number of hydrogen-bond donors (Lipinski definition) is 1. The number of carbonyl (C=O) groups is 1. The van der Waals surface area contributed by atoms with Crippen LogP contribution in [0.15, 0.2) is 18.2 Å². The molecule has 1 aromatic carbocycles. The van der Waals surface area contributed by atoms with E-state index in [1.165, 1.54) is 0 Å². The van der Waals surface area contributed by atoms with E-state index in [-0.39, 0.29) is 29.9 Å². The molecule has 2 bridgehead atoms. The average molecular weight is 324 g/mol. The molecule has 0 saturated carbocycles. The minimum atomic E-state index is -2.98. The first-order valence-corrected chi connectivity index (χ1v) is 8.89. The largest absolute Gasteiger partial charge is 0.454 e. The van der Waals surface area contributed by atoms with Gasteiger partial charge in [-0.3, -0.25) is 0 Å². The number of hydrogen-bond acceptors (Lipinski definition) is 5. The maximum atomic E-state index is 12.2. The van der Waals surface area contributed by atoms with Gasteiger partial charge in [0.15, 0.2) is 21.3 Å². The highest BCUT2D eigenvalue weighted by molar-refractivity contribution is 7.92. The van der Waals surface area contributed by atoms with Crippen molar-refractivity contribution in [1.82, 2.24) is 10.2 Å². The molecule has 2 amide bonds. The van der Waals surface area contributed by atoms with Crippen LogP contribution in [-0.2, 0) is 16.4 Å². The van der Waals surface area contributed by atoms with Gasteiger partial charge in [0.2, 0.25) is 6.79 Å². The van der Waals surface area contributed by atoms with Gasteiger partial charge < -0.3 is 19.7 Å². The molecular formula is C14H16N2O5S. The minimum absolute atomic E-state index is 0.0924. The van der Waals surface area contributed by atoms with Crippen LogP contribution in [0, 0.1) is 0 Å². The van der Waals surface area contributed by atoms with Crippen molar-refractivity contribution in [3.63, 3.8) is 0 Å². The molecule has 0 aliphatic carbocycles. The number of rotatable bonds is 2.